The van der Waals surface area contributed by atoms with Crippen LogP contribution >= 0.6 is 0 Å². The zero-order valence-electron chi connectivity index (χ0n) is 15.5. The monoisotopic (exact) mass is 362 g/mol. The predicted molar refractivity (Wildman–Crippen MR) is 100 cm³/mol. The molecular weight excluding hydrogens is 332 g/mol. The van der Waals surface area contributed by atoms with Crippen LogP contribution in [0.25, 0.3) is 0 Å². The predicted octanol–water partition coefficient (Wildman–Crippen LogP) is 1.32. The van der Waals surface area contributed by atoms with E-state index in [1.165, 1.54) is 12.8 Å². The third-order valence-electron chi connectivity index (χ3n) is 5.10. The van der Waals surface area contributed by atoms with Crippen LogP contribution in [0.3, 0.4) is 0 Å². The van der Waals surface area contributed by atoms with Gasteiger partial charge in [-0.1, -0.05) is 6.07 Å². The minimum atomic E-state index is -0.00549. The summed E-state index contributed by atoms with van der Waals surface area (Å²) in [7, 11) is 1.76. The summed E-state index contributed by atoms with van der Waals surface area (Å²) >= 11 is 0. The number of aromatic nitrogens is 1. The van der Waals surface area contributed by atoms with Gasteiger partial charge < -0.3 is 25.2 Å². The van der Waals surface area contributed by atoms with E-state index in [1.807, 2.05) is 18.3 Å². The average Bonchev–Trinajstić information content (AvgIpc) is 3.39. The molecule has 3 rings (SSSR count). The highest BCUT2D eigenvalue weighted by Crippen LogP contribution is 2.31. The lowest BCUT2D eigenvalue weighted by atomic mass is 9.84. The van der Waals surface area contributed by atoms with E-state index in [2.05, 4.69) is 20.6 Å². The molecule has 7 nitrogen and oxygen atoms in total. The van der Waals surface area contributed by atoms with Crippen LogP contribution in [0.2, 0.25) is 0 Å². The maximum Gasteiger partial charge on any atom is 0.213 e. The normalized spacial score (nSPS) is 23.1. The minimum absolute atomic E-state index is 0.00549. The van der Waals surface area contributed by atoms with Crippen LogP contribution in [-0.4, -0.2) is 56.1 Å². The van der Waals surface area contributed by atoms with E-state index in [4.69, 9.17) is 9.47 Å². The van der Waals surface area contributed by atoms with Gasteiger partial charge in [0, 0.05) is 51.0 Å². The van der Waals surface area contributed by atoms with Crippen LogP contribution in [0, 0.1) is 11.3 Å². The fraction of sp³-hybridized carbons (Fsp3) is 0.684. The van der Waals surface area contributed by atoms with E-state index in [0.29, 0.717) is 19.0 Å². The Morgan fingerprint density at radius 2 is 2.31 bits per heavy atom. The molecule has 26 heavy (non-hydrogen) atoms. The molecule has 144 valence electrons. The SMILES string of the molecule is CN=C(NCc1ccc(OCC2CC2)nc1)NCC1(CCO)CCOC1. The number of nitrogens with zero attached hydrogens (tertiary/aromatic N) is 2. The van der Waals surface area contributed by atoms with Crippen LogP contribution in [-0.2, 0) is 11.3 Å². The Balaban J connectivity index is 1.43. The molecule has 1 unspecified atom stereocenters. The summed E-state index contributed by atoms with van der Waals surface area (Å²) in [4.78, 5) is 8.63. The Labute approximate surface area is 155 Å². The minimum Gasteiger partial charge on any atom is -0.477 e. The second-order valence-corrected chi connectivity index (χ2v) is 7.31. The number of guanidine groups is 1. The number of rotatable bonds is 9. The molecule has 1 aromatic heterocycles. The van der Waals surface area contributed by atoms with Gasteiger partial charge in [-0.2, -0.15) is 0 Å². The highest BCUT2D eigenvalue weighted by atomic mass is 16.5. The van der Waals surface area contributed by atoms with Gasteiger partial charge in [-0.25, -0.2) is 4.98 Å². The molecule has 1 saturated heterocycles. The topological polar surface area (TPSA) is 88.0 Å². The Kier molecular flexibility index (Phi) is 6.68. The first-order valence-corrected chi connectivity index (χ1v) is 9.44. The highest BCUT2D eigenvalue weighted by Gasteiger charge is 2.34. The molecule has 0 spiro atoms. The number of hydrogen-bond donors (Lipinski definition) is 3. The molecule has 1 saturated carbocycles. The number of aliphatic imine (C=N–C) groups is 1. The Bertz CT molecular complexity index is 581. The second kappa shape index (κ2) is 9.19. The first-order valence-electron chi connectivity index (χ1n) is 9.44. The molecule has 0 radical (unpaired) electrons. The number of nitrogens with one attached hydrogen (secondary N) is 2. The lowest BCUT2D eigenvalue weighted by molar-refractivity contribution is 0.127. The van der Waals surface area contributed by atoms with Gasteiger partial charge in [0.2, 0.25) is 5.88 Å². The van der Waals surface area contributed by atoms with Gasteiger partial charge in [-0.15, -0.1) is 0 Å². The molecule has 1 aliphatic heterocycles. The van der Waals surface area contributed by atoms with Crippen LogP contribution < -0.4 is 15.4 Å². The molecule has 1 aliphatic carbocycles. The van der Waals surface area contributed by atoms with Gasteiger partial charge in [0.25, 0.3) is 0 Å². The lowest BCUT2D eigenvalue weighted by Gasteiger charge is -2.27. The highest BCUT2D eigenvalue weighted by molar-refractivity contribution is 5.79. The number of aliphatic hydroxyl groups is 1. The Morgan fingerprint density at radius 1 is 1.42 bits per heavy atom. The summed E-state index contributed by atoms with van der Waals surface area (Å²) in [6.45, 7) is 3.77. The smallest absolute Gasteiger partial charge is 0.213 e. The maximum atomic E-state index is 9.31. The van der Waals surface area contributed by atoms with Crippen LogP contribution in [0.15, 0.2) is 23.3 Å². The largest absolute Gasteiger partial charge is 0.477 e. The molecule has 2 aliphatic rings. The van der Waals surface area contributed by atoms with Gasteiger partial charge in [0.1, 0.15) is 0 Å². The van der Waals surface area contributed by atoms with Gasteiger partial charge in [0.15, 0.2) is 5.96 Å². The molecule has 0 bridgehead atoms. The quantitative estimate of drug-likeness (QED) is 0.454. The van der Waals surface area contributed by atoms with Crippen LogP contribution in [0.5, 0.6) is 5.88 Å². The molecular formula is C19H30N4O3. The third-order valence-corrected chi connectivity index (χ3v) is 5.10. The third kappa shape index (κ3) is 5.57. The first-order chi connectivity index (χ1) is 12.7. The Hall–Kier alpha value is -1.86. The van der Waals surface area contributed by atoms with Crippen LogP contribution in [0.4, 0.5) is 0 Å². The summed E-state index contributed by atoms with van der Waals surface area (Å²) in [5.74, 6) is 2.16. The maximum absolute atomic E-state index is 9.31. The first kappa shape index (κ1) is 18.9. The molecule has 2 heterocycles. The van der Waals surface area contributed by atoms with Crippen molar-refractivity contribution < 1.29 is 14.6 Å². The van der Waals surface area contributed by atoms with Gasteiger partial charge >= 0.3 is 0 Å². The molecule has 3 N–H and O–H groups in total. The fourth-order valence-electron chi connectivity index (χ4n) is 3.08. The number of hydrogen-bond acceptors (Lipinski definition) is 5. The van der Waals surface area contributed by atoms with E-state index in [0.717, 1.165) is 50.0 Å². The van der Waals surface area contributed by atoms with Crippen molar-refractivity contribution >= 4 is 5.96 Å². The standard InChI is InChI=1S/C19H30N4O3/c1-20-18(23-13-19(6-8-24)7-9-25-14-19)22-11-16-4-5-17(21-10-16)26-12-15-2-3-15/h4-5,10,15,24H,2-3,6-9,11-14H2,1H3,(H2,20,22,23). The molecule has 2 fully saturated rings. The average molecular weight is 362 g/mol. The summed E-state index contributed by atoms with van der Waals surface area (Å²) in [5.41, 5.74) is 1.06. The van der Waals surface area contributed by atoms with Crippen molar-refractivity contribution in [2.75, 3.05) is 40.0 Å². The molecule has 1 aromatic rings. The number of aliphatic hydroxyl groups excluding tert-OH is 1. The van der Waals surface area contributed by atoms with Crippen molar-refractivity contribution in [1.29, 1.82) is 0 Å². The zero-order chi connectivity index (χ0) is 18.2. The van der Waals surface area contributed by atoms with Gasteiger partial charge in [0.05, 0.1) is 13.2 Å². The Morgan fingerprint density at radius 3 is 2.92 bits per heavy atom. The lowest BCUT2D eigenvalue weighted by Crippen LogP contribution is -2.44. The van der Waals surface area contributed by atoms with E-state index >= 15 is 0 Å². The van der Waals surface area contributed by atoms with Crippen molar-refractivity contribution in [3.05, 3.63) is 23.9 Å². The second-order valence-electron chi connectivity index (χ2n) is 7.31. The van der Waals surface area contributed by atoms with Crippen molar-refractivity contribution in [1.82, 2.24) is 15.6 Å². The van der Waals surface area contributed by atoms with E-state index in [-0.39, 0.29) is 12.0 Å². The van der Waals surface area contributed by atoms with Gasteiger partial charge in [-0.05, 0) is 37.2 Å². The number of ether oxygens (including phenoxy) is 2. The molecule has 7 heteroatoms. The summed E-state index contributed by atoms with van der Waals surface area (Å²) in [6, 6.07) is 3.94. The van der Waals surface area contributed by atoms with Crippen LogP contribution in [0.1, 0.15) is 31.2 Å². The number of pyridine rings is 1. The van der Waals surface area contributed by atoms with Crippen molar-refractivity contribution in [2.45, 2.75) is 32.2 Å². The van der Waals surface area contributed by atoms with E-state index in [9.17, 15) is 5.11 Å². The summed E-state index contributed by atoms with van der Waals surface area (Å²) in [6.07, 6.45) is 6.09. The van der Waals surface area contributed by atoms with Crippen molar-refractivity contribution in [2.24, 2.45) is 16.3 Å². The van der Waals surface area contributed by atoms with E-state index in [1.54, 1.807) is 7.05 Å². The van der Waals surface area contributed by atoms with Gasteiger partial charge in [-0.3, -0.25) is 4.99 Å². The summed E-state index contributed by atoms with van der Waals surface area (Å²) in [5, 5.41) is 16.0. The molecule has 0 aromatic carbocycles. The van der Waals surface area contributed by atoms with E-state index < -0.39 is 0 Å². The zero-order valence-corrected chi connectivity index (χ0v) is 15.5. The van der Waals surface area contributed by atoms with Crippen molar-refractivity contribution in [3.8, 4) is 5.88 Å². The summed E-state index contributed by atoms with van der Waals surface area (Å²) < 4.78 is 11.2. The van der Waals surface area contributed by atoms with Crippen molar-refractivity contribution in [3.63, 3.8) is 0 Å². The fourth-order valence-corrected chi connectivity index (χ4v) is 3.08. The molecule has 1 atom stereocenters. The molecule has 0 amide bonds.